The smallest absolute Gasteiger partial charge is 0.267 e. The van der Waals surface area contributed by atoms with Gasteiger partial charge in [-0.1, -0.05) is 41.9 Å². The maximum absolute atomic E-state index is 12.6. The highest BCUT2D eigenvalue weighted by molar-refractivity contribution is 6.30. The van der Waals surface area contributed by atoms with Gasteiger partial charge in [0.25, 0.3) is 5.91 Å². The van der Waals surface area contributed by atoms with Crippen molar-refractivity contribution >= 4 is 35.2 Å². The quantitative estimate of drug-likeness (QED) is 0.460. The van der Waals surface area contributed by atoms with Gasteiger partial charge in [0.1, 0.15) is 0 Å². The van der Waals surface area contributed by atoms with Gasteiger partial charge in [0.2, 0.25) is 5.91 Å². The van der Waals surface area contributed by atoms with Crippen LogP contribution in [0.15, 0.2) is 54.6 Å². The van der Waals surface area contributed by atoms with Crippen molar-refractivity contribution in [1.29, 1.82) is 0 Å². The van der Waals surface area contributed by atoms with Gasteiger partial charge in [0.15, 0.2) is 0 Å². The van der Waals surface area contributed by atoms with Crippen LogP contribution >= 0.6 is 11.6 Å². The van der Waals surface area contributed by atoms with E-state index in [1.807, 2.05) is 41.3 Å². The second kappa shape index (κ2) is 9.39. The Morgan fingerprint density at radius 3 is 2.39 bits per heavy atom. The summed E-state index contributed by atoms with van der Waals surface area (Å²) in [6.45, 7) is 2.70. The highest BCUT2D eigenvalue weighted by Crippen LogP contribution is 2.23. The molecule has 2 aromatic rings. The first kappa shape index (κ1) is 19.9. The molecule has 0 atom stereocenters. The molecule has 1 fully saturated rings. The lowest BCUT2D eigenvalue weighted by Gasteiger charge is -2.37. The zero-order valence-electron chi connectivity index (χ0n) is 15.3. The van der Waals surface area contributed by atoms with Gasteiger partial charge in [-0.05, 0) is 35.4 Å². The largest absolute Gasteiger partial charge is 0.367 e. The molecule has 2 amide bonds. The molecule has 0 spiro atoms. The number of nitrogens with one attached hydrogen (secondary N) is 1. The maximum Gasteiger partial charge on any atom is 0.267 e. The first-order valence-corrected chi connectivity index (χ1v) is 9.43. The van der Waals surface area contributed by atoms with Crippen molar-refractivity contribution in [3.63, 3.8) is 0 Å². The third-order valence-corrected chi connectivity index (χ3v) is 4.95. The van der Waals surface area contributed by atoms with E-state index in [0.29, 0.717) is 37.6 Å². The Hall–Kier alpha value is -2.83. The van der Waals surface area contributed by atoms with E-state index in [1.54, 1.807) is 23.7 Å². The van der Waals surface area contributed by atoms with E-state index < -0.39 is 5.91 Å². The van der Waals surface area contributed by atoms with Crippen LogP contribution in [0.4, 0.5) is 5.69 Å². The van der Waals surface area contributed by atoms with Gasteiger partial charge in [-0.3, -0.25) is 14.8 Å². The average molecular weight is 400 g/mol. The minimum absolute atomic E-state index is 0.106. The second-order valence-corrected chi connectivity index (χ2v) is 6.98. The van der Waals surface area contributed by atoms with Crippen molar-refractivity contribution in [3.05, 3.63) is 70.8 Å². The van der Waals surface area contributed by atoms with Gasteiger partial charge in [0, 0.05) is 43.0 Å². The number of para-hydroxylation sites is 1. The fraction of sp³-hybridized carbons (Fsp3) is 0.238. The Morgan fingerprint density at radius 2 is 1.71 bits per heavy atom. The molecule has 0 radical (unpaired) electrons. The van der Waals surface area contributed by atoms with Crippen molar-refractivity contribution in [1.82, 2.24) is 10.4 Å². The molecule has 6 nitrogen and oxygen atoms in total. The van der Waals surface area contributed by atoms with Crippen LogP contribution < -0.4 is 10.4 Å². The van der Waals surface area contributed by atoms with Crippen LogP contribution in [0, 0.1) is 0 Å². The Bertz CT molecular complexity index is 859. The standard InChI is InChI=1S/C21H22ClN3O3/c22-18-8-5-16(6-9-18)15-21(27)25-13-11-24(12-14-25)19-4-2-1-3-17(19)7-10-20(26)23-28/h1-10,28H,11-15H2,(H,23,26). The van der Waals surface area contributed by atoms with Crippen molar-refractivity contribution in [2.45, 2.75) is 6.42 Å². The molecule has 2 aromatic carbocycles. The van der Waals surface area contributed by atoms with Crippen LogP contribution in [-0.4, -0.2) is 48.1 Å². The zero-order chi connectivity index (χ0) is 19.9. The third kappa shape index (κ3) is 5.12. The van der Waals surface area contributed by atoms with Crippen LogP contribution in [0.5, 0.6) is 0 Å². The number of amides is 2. The zero-order valence-corrected chi connectivity index (χ0v) is 16.1. The molecule has 0 unspecified atom stereocenters. The highest BCUT2D eigenvalue weighted by atomic mass is 35.5. The monoisotopic (exact) mass is 399 g/mol. The van der Waals surface area contributed by atoms with E-state index in [2.05, 4.69) is 4.90 Å². The molecule has 0 saturated carbocycles. The number of benzene rings is 2. The van der Waals surface area contributed by atoms with Crippen LogP contribution in [0.2, 0.25) is 5.02 Å². The molecule has 1 saturated heterocycles. The maximum atomic E-state index is 12.6. The van der Waals surface area contributed by atoms with Crippen LogP contribution in [0.25, 0.3) is 6.08 Å². The predicted molar refractivity (Wildman–Crippen MR) is 109 cm³/mol. The molecular formula is C21H22ClN3O3. The van der Waals surface area contributed by atoms with Gasteiger partial charge in [0.05, 0.1) is 6.42 Å². The fourth-order valence-corrected chi connectivity index (χ4v) is 3.33. The molecule has 146 valence electrons. The highest BCUT2D eigenvalue weighted by Gasteiger charge is 2.22. The lowest BCUT2D eigenvalue weighted by molar-refractivity contribution is -0.130. The molecule has 3 rings (SSSR count). The van der Waals surface area contributed by atoms with Gasteiger partial charge in [-0.15, -0.1) is 0 Å². The number of anilines is 1. The molecule has 1 heterocycles. The molecule has 0 bridgehead atoms. The van der Waals surface area contributed by atoms with Gasteiger partial charge in [-0.2, -0.15) is 0 Å². The first-order chi connectivity index (χ1) is 13.6. The number of rotatable bonds is 5. The second-order valence-electron chi connectivity index (χ2n) is 6.54. The topological polar surface area (TPSA) is 72.9 Å². The third-order valence-electron chi connectivity index (χ3n) is 4.70. The van der Waals surface area contributed by atoms with E-state index in [-0.39, 0.29) is 5.91 Å². The summed E-state index contributed by atoms with van der Waals surface area (Å²) in [7, 11) is 0. The molecule has 1 aliphatic heterocycles. The lowest BCUT2D eigenvalue weighted by Crippen LogP contribution is -2.49. The summed E-state index contributed by atoms with van der Waals surface area (Å²) in [4.78, 5) is 27.9. The summed E-state index contributed by atoms with van der Waals surface area (Å²) in [5.41, 5.74) is 4.41. The number of hydrogen-bond acceptors (Lipinski definition) is 4. The van der Waals surface area contributed by atoms with Gasteiger partial charge in [-0.25, -0.2) is 5.48 Å². The summed E-state index contributed by atoms with van der Waals surface area (Å²) in [6, 6.07) is 15.1. The van der Waals surface area contributed by atoms with E-state index in [0.717, 1.165) is 16.8 Å². The van der Waals surface area contributed by atoms with Crippen molar-refractivity contribution < 1.29 is 14.8 Å². The predicted octanol–water partition coefficient (Wildman–Crippen LogP) is 2.75. The molecule has 1 aliphatic rings. The molecule has 28 heavy (non-hydrogen) atoms. The Morgan fingerprint density at radius 1 is 1.04 bits per heavy atom. The number of halogens is 1. The normalized spacial score (nSPS) is 14.4. The number of hydrogen-bond donors (Lipinski definition) is 2. The lowest BCUT2D eigenvalue weighted by atomic mass is 10.1. The minimum atomic E-state index is -0.576. The Labute approximate surface area is 169 Å². The van der Waals surface area contributed by atoms with Crippen molar-refractivity contribution in [2.24, 2.45) is 0 Å². The summed E-state index contributed by atoms with van der Waals surface area (Å²) < 4.78 is 0. The fourth-order valence-electron chi connectivity index (χ4n) is 3.20. The van der Waals surface area contributed by atoms with E-state index in [4.69, 9.17) is 16.8 Å². The Kier molecular flexibility index (Phi) is 6.68. The molecule has 7 heteroatoms. The van der Waals surface area contributed by atoms with Crippen LogP contribution in [-0.2, 0) is 16.0 Å². The molecule has 0 aromatic heterocycles. The SMILES string of the molecule is O=C(C=Cc1ccccc1N1CCN(C(=O)Cc2ccc(Cl)cc2)CC1)NO. The van der Waals surface area contributed by atoms with Crippen molar-refractivity contribution in [2.75, 3.05) is 31.1 Å². The summed E-state index contributed by atoms with van der Waals surface area (Å²) in [5, 5.41) is 9.29. The number of nitrogens with zero attached hydrogens (tertiary/aromatic N) is 2. The molecule has 0 aliphatic carbocycles. The van der Waals surface area contributed by atoms with Gasteiger partial charge >= 0.3 is 0 Å². The van der Waals surface area contributed by atoms with E-state index in [9.17, 15) is 9.59 Å². The number of carbonyl (C=O) groups is 2. The van der Waals surface area contributed by atoms with Crippen LogP contribution in [0.3, 0.4) is 0 Å². The van der Waals surface area contributed by atoms with Gasteiger partial charge < -0.3 is 9.80 Å². The molecular weight excluding hydrogens is 378 g/mol. The van der Waals surface area contributed by atoms with E-state index >= 15 is 0 Å². The molecule has 2 N–H and O–H groups in total. The summed E-state index contributed by atoms with van der Waals surface area (Å²) in [5.74, 6) is -0.470. The number of piperazine rings is 1. The van der Waals surface area contributed by atoms with Crippen molar-refractivity contribution in [3.8, 4) is 0 Å². The first-order valence-electron chi connectivity index (χ1n) is 9.05. The van der Waals surface area contributed by atoms with E-state index in [1.165, 1.54) is 6.08 Å². The van der Waals surface area contributed by atoms with Crippen LogP contribution in [0.1, 0.15) is 11.1 Å². The number of hydroxylamine groups is 1. The number of carbonyl (C=O) groups excluding carboxylic acids is 2. The Balaban J connectivity index is 1.61. The average Bonchev–Trinajstić information content (AvgIpc) is 2.74. The summed E-state index contributed by atoms with van der Waals surface area (Å²) >= 11 is 5.89. The minimum Gasteiger partial charge on any atom is -0.367 e. The summed E-state index contributed by atoms with van der Waals surface area (Å²) in [6.07, 6.45) is 3.32.